The standard InChI is InChI=1S/C7H16N2O2/c1-5(8)6(9)3-2-4-7(10)11/h5-6H,2-4,8-9H2,1H3,(H,10,11)/t5-,6+/m1/s1. The van der Waals surface area contributed by atoms with Crippen molar-refractivity contribution >= 4 is 5.97 Å². The highest BCUT2D eigenvalue weighted by atomic mass is 16.4. The van der Waals surface area contributed by atoms with E-state index in [1.165, 1.54) is 0 Å². The fraction of sp³-hybridized carbons (Fsp3) is 0.857. The van der Waals surface area contributed by atoms with Crippen LogP contribution < -0.4 is 11.5 Å². The molecule has 0 aromatic carbocycles. The summed E-state index contributed by atoms with van der Waals surface area (Å²) in [5, 5.41) is 8.29. The number of carboxylic acids is 1. The van der Waals surface area contributed by atoms with Gasteiger partial charge in [-0.25, -0.2) is 0 Å². The van der Waals surface area contributed by atoms with Gasteiger partial charge in [-0.1, -0.05) is 0 Å². The molecule has 0 aliphatic heterocycles. The van der Waals surface area contributed by atoms with Crippen LogP contribution in [0.4, 0.5) is 0 Å². The maximum absolute atomic E-state index is 10.1. The van der Waals surface area contributed by atoms with Crippen molar-refractivity contribution in [3.63, 3.8) is 0 Å². The number of carbonyl (C=O) groups is 1. The summed E-state index contributed by atoms with van der Waals surface area (Å²) in [6.45, 7) is 1.82. The second kappa shape index (κ2) is 5.09. The predicted octanol–water partition coefficient (Wildman–Crippen LogP) is -0.0842. The second-order valence-corrected chi connectivity index (χ2v) is 2.81. The second-order valence-electron chi connectivity index (χ2n) is 2.81. The number of rotatable bonds is 5. The van der Waals surface area contributed by atoms with Crippen LogP contribution in [0.15, 0.2) is 0 Å². The molecule has 0 radical (unpaired) electrons. The molecule has 0 saturated carbocycles. The average molecular weight is 160 g/mol. The third kappa shape index (κ3) is 5.82. The molecular formula is C7H16N2O2. The lowest BCUT2D eigenvalue weighted by atomic mass is 10.1. The van der Waals surface area contributed by atoms with Gasteiger partial charge in [0.15, 0.2) is 0 Å². The van der Waals surface area contributed by atoms with Crippen LogP contribution in [0.2, 0.25) is 0 Å². The van der Waals surface area contributed by atoms with Crippen LogP contribution in [0.25, 0.3) is 0 Å². The minimum absolute atomic E-state index is 0.0520. The molecular weight excluding hydrogens is 144 g/mol. The highest BCUT2D eigenvalue weighted by Gasteiger charge is 2.07. The summed E-state index contributed by atoms with van der Waals surface area (Å²) in [4.78, 5) is 10.1. The Kier molecular flexibility index (Phi) is 4.81. The van der Waals surface area contributed by atoms with E-state index in [1.54, 1.807) is 0 Å². The van der Waals surface area contributed by atoms with Gasteiger partial charge in [-0.15, -0.1) is 0 Å². The summed E-state index contributed by atoms with van der Waals surface area (Å²) in [6.07, 6.45) is 1.47. The molecule has 66 valence electrons. The van der Waals surface area contributed by atoms with Crippen LogP contribution in [-0.2, 0) is 4.79 Å². The van der Waals surface area contributed by atoms with Crippen molar-refractivity contribution in [1.82, 2.24) is 0 Å². The summed E-state index contributed by atoms with van der Waals surface area (Å²) in [7, 11) is 0. The van der Waals surface area contributed by atoms with Crippen LogP contribution >= 0.6 is 0 Å². The van der Waals surface area contributed by atoms with Crippen LogP contribution in [0, 0.1) is 0 Å². The average Bonchev–Trinajstić information content (AvgIpc) is 1.86. The van der Waals surface area contributed by atoms with Crippen molar-refractivity contribution in [2.24, 2.45) is 11.5 Å². The first kappa shape index (κ1) is 10.4. The smallest absolute Gasteiger partial charge is 0.303 e. The van der Waals surface area contributed by atoms with Crippen LogP contribution in [-0.4, -0.2) is 23.2 Å². The van der Waals surface area contributed by atoms with Crippen LogP contribution in [0.3, 0.4) is 0 Å². The molecule has 4 heteroatoms. The van der Waals surface area contributed by atoms with Crippen LogP contribution in [0.5, 0.6) is 0 Å². The van der Waals surface area contributed by atoms with Gasteiger partial charge in [0.2, 0.25) is 0 Å². The fourth-order valence-electron chi connectivity index (χ4n) is 0.752. The van der Waals surface area contributed by atoms with Crippen molar-refractivity contribution < 1.29 is 9.90 Å². The fourth-order valence-corrected chi connectivity index (χ4v) is 0.752. The first-order valence-electron chi connectivity index (χ1n) is 3.77. The monoisotopic (exact) mass is 160 g/mol. The third-order valence-electron chi connectivity index (χ3n) is 1.60. The zero-order valence-corrected chi connectivity index (χ0v) is 6.79. The lowest BCUT2D eigenvalue weighted by Gasteiger charge is -2.13. The number of nitrogens with two attached hydrogens (primary N) is 2. The van der Waals surface area contributed by atoms with E-state index < -0.39 is 5.97 Å². The Bertz CT molecular complexity index is 126. The Labute approximate surface area is 66.6 Å². The van der Waals surface area contributed by atoms with E-state index in [1.807, 2.05) is 6.92 Å². The molecule has 0 aliphatic carbocycles. The van der Waals surface area contributed by atoms with Gasteiger partial charge in [0, 0.05) is 18.5 Å². The van der Waals surface area contributed by atoms with E-state index in [0.29, 0.717) is 12.8 Å². The normalized spacial score (nSPS) is 15.9. The maximum Gasteiger partial charge on any atom is 0.303 e. The molecule has 0 amide bonds. The molecule has 2 atom stereocenters. The van der Waals surface area contributed by atoms with Crippen molar-refractivity contribution in [1.29, 1.82) is 0 Å². The maximum atomic E-state index is 10.1. The molecule has 0 rings (SSSR count). The molecule has 0 heterocycles. The van der Waals surface area contributed by atoms with Crippen molar-refractivity contribution in [2.45, 2.75) is 38.3 Å². The highest BCUT2D eigenvalue weighted by molar-refractivity contribution is 5.66. The van der Waals surface area contributed by atoms with Gasteiger partial charge in [0.25, 0.3) is 0 Å². The van der Waals surface area contributed by atoms with E-state index in [4.69, 9.17) is 16.6 Å². The Hall–Kier alpha value is -0.610. The van der Waals surface area contributed by atoms with E-state index in [9.17, 15) is 4.79 Å². The van der Waals surface area contributed by atoms with Crippen LogP contribution in [0.1, 0.15) is 26.2 Å². The third-order valence-corrected chi connectivity index (χ3v) is 1.60. The lowest BCUT2D eigenvalue weighted by molar-refractivity contribution is -0.137. The molecule has 0 bridgehead atoms. The molecule has 0 aliphatic rings. The molecule has 11 heavy (non-hydrogen) atoms. The lowest BCUT2D eigenvalue weighted by Crippen LogP contribution is -2.38. The SMILES string of the molecule is C[C@@H](N)[C@@H](N)CCCC(=O)O. The van der Waals surface area contributed by atoms with E-state index in [2.05, 4.69) is 0 Å². The van der Waals surface area contributed by atoms with Gasteiger partial charge in [0.05, 0.1) is 0 Å². The summed E-state index contributed by atoms with van der Waals surface area (Å²) in [5.41, 5.74) is 11.1. The first-order valence-corrected chi connectivity index (χ1v) is 3.77. The topological polar surface area (TPSA) is 89.3 Å². The quantitative estimate of drug-likeness (QED) is 0.524. The largest absolute Gasteiger partial charge is 0.481 e. The van der Waals surface area contributed by atoms with Gasteiger partial charge in [0.1, 0.15) is 0 Å². The van der Waals surface area contributed by atoms with E-state index in [0.717, 1.165) is 0 Å². The van der Waals surface area contributed by atoms with Crippen molar-refractivity contribution in [3.05, 3.63) is 0 Å². The Balaban J connectivity index is 3.31. The van der Waals surface area contributed by atoms with Gasteiger partial charge in [-0.2, -0.15) is 0 Å². The summed E-state index contributed by atoms with van der Waals surface area (Å²) < 4.78 is 0. The number of aliphatic carboxylic acids is 1. The first-order chi connectivity index (χ1) is 5.04. The summed E-state index contributed by atoms with van der Waals surface area (Å²) in [6, 6.07) is -0.127. The molecule has 0 aromatic rings. The van der Waals surface area contributed by atoms with Gasteiger partial charge < -0.3 is 16.6 Å². The molecule has 4 nitrogen and oxygen atoms in total. The number of hydrogen-bond acceptors (Lipinski definition) is 3. The van der Waals surface area contributed by atoms with E-state index in [-0.39, 0.29) is 18.5 Å². The van der Waals surface area contributed by atoms with Gasteiger partial charge in [-0.3, -0.25) is 4.79 Å². The van der Waals surface area contributed by atoms with E-state index >= 15 is 0 Å². The Morgan fingerprint density at radius 2 is 2.09 bits per heavy atom. The number of hydrogen-bond donors (Lipinski definition) is 3. The predicted molar refractivity (Wildman–Crippen MR) is 43.1 cm³/mol. The zero-order valence-electron chi connectivity index (χ0n) is 6.79. The summed E-state index contributed by atoms with van der Waals surface area (Å²) >= 11 is 0. The van der Waals surface area contributed by atoms with Gasteiger partial charge in [-0.05, 0) is 19.8 Å². The summed E-state index contributed by atoms with van der Waals surface area (Å²) in [5.74, 6) is -0.776. The zero-order chi connectivity index (χ0) is 8.85. The van der Waals surface area contributed by atoms with Gasteiger partial charge >= 0.3 is 5.97 Å². The Morgan fingerprint density at radius 1 is 1.55 bits per heavy atom. The minimum atomic E-state index is -0.776. The van der Waals surface area contributed by atoms with Crippen molar-refractivity contribution in [3.8, 4) is 0 Å². The molecule has 0 aromatic heterocycles. The molecule has 0 unspecified atom stereocenters. The highest BCUT2D eigenvalue weighted by Crippen LogP contribution is 2.00. The number of carboxylic acid groups (broad SMARTS) is 1. The molecule has 0 fully saturated rings. The molecule has 5 N–H and O–H groups in total. The van der Waals surface area contributed by atoms with Crippen molar-refractivity contribution in [2.75, 3.05) is 0 Å². The minimum Gasteiger partial charge on any atom is -0.481 e. The molecule has 0 saturated heterocycles. The Morgan fingerprint density at radius 3 is 2.45 bits per heavy atom. The molecule has 0 spiro atoms.